The molecule has 1 aromatic rings. The van der Waals surface area contributed by atoms with Gasteiger partial charge in [0.05, 0.1) is 13.1 Å². The molecule has 0 spiro atoms. The van der Waals surface area contributed by atoms with Crippen molar-refractivity contribution in [1.29, 1.82) is 0 Å². The predicted octanol–water partition coefficient (Wildman–Crippen LogP) is 0.0778. The molecular formula is C17H25Cl2N5O3. The van der Waals surface area contributed by atoms with Gasteiger partial charge in [-0.05, 0) is 25.0 Å². The fourth-order valence-electron chi connectivity index (χ4n) is 3.30. The molecular weight excluding hydrogens is 393 g/mol. The molecule has 2 N–H and O–H groups in total. The van der Waals surface area contributed by atoms with Gasteiger partial charge < -0.3 is 20.4 Å². The molecule has 2 aliphatic rings. The molecule has 0 saturated carbocycles. The Morgan fingerprint density at radius 3 is 2.78 bits per heavy atom. The zero-order valence-corrected chi connectivity index (χ0v) is 16.6. The van der Waals surface area contributed by atoms with Crippen LogP contribution in [0.3, 0.4) is 0 Å². The van der Waals surface area contributed by atoms with Gasteiger partial charge in [-0.2, -0.15) is 0 Å². The molecule has 27 heavy (non-hydrogen) atoms. The summed E-state index contributed by atoms with van der Waals surface area (Å²) in [4.78, 5) is 44.0. The van der Waals surface area contributed by atoms with Gasteiger partial charge in [0.25, 0.3) is 5.91 Å². The molecule has 0 aliphatic carbocycles. The van der Waals surface area contributed by atoms with Crippen molar-refractivity contribution in [3.05, 3.63) is 30.1 Å². The predicted molar refractivity (Wildman–Crippen MR) is 105 cm³/mol. The fraction of sp³-hybridized carbons (Fsp3) is 0.529. The summed E-state index contributed by atoms with van der Waals surface area (Å²) in [6.45, 7) is 2.97. The third-order valence-corrected chi connectivity index (χ3v) is 4.61. The van der Waals surface area contributed by atoms with E-state index < -0.39 is 0 Å². The number of carbonyl (C=O) groups is 3. The van der Waals surface area contributed by atoms with Crippen LogP contribution >= 0.6 is 24.8 Å². The molecule has 10 heteroatoms. The van der Waals surface area contributed by atoms with Crippen molar-refractivity contribution in [3.8, 4) is 0 Å². The number of rotatable bonds is 4. The average molecular weight is 418 g/mol. The topological polar surface area (TPSA) is 94.6 Å². The highest BCUT2D eigenvalue weighted by Crippen LogP contribution is 2.17. The summed E-state index contributed by atoms with van der Waals surface area (Å²) in [7, 11) is 0. The maximum Gasteiger partial charge on any atom is 0.270 e. The molecule has 2 aliphatic heterocycles. The van der Waals surface area contributed by atoms with E-state index in [1.165, 1.54) is 6.20 Å². The zero-order valence-electron chi connectivity index (χ0n) is 14.9. The number of nitrogens with zero attached hydrogens (tertiary/aromatic N) is 3. The quantitative estimate of drug-likeness (QED) is 0.722. The van der Waals surface area contributed by atoms with Gasteiger partial charge in [-0.3, -0.25) is 19.4 Å². The van der Waals surface area contributed by atoms with Gasteiger partial charge in [0.2, 0.25) is 11.8 Å². The Bertz CT molecular complexity index is 647. The number of hydrogen-bond donors (Lipinski definition) is 2. The molecule has 0 radical (unpaired) electrons. The van der Waals surface area contributed by atoms with Gasteiger partial charge in [0, 0.05) is 38.4 Å². The van der Waals surface area contributed by atoms with Crippen molar-refractivity contribution in [3.63, 3.8) is 0 Å². The lowest BCUT2D eigenvalue weighted by Gasteiger charge is -2.41. The van der Waals surface area contributed by atoms with E-state index in [0.717, 1.165) is 19.4 Å². The van der Waals surface area contributed by atoms with E-state index >= 15 is 0 Å². The Kier molecular flexibility index (Phi) is 9.48. The van der Waals surface area contributed by atoms with Crippen LogP contribution in [0.1, 0.15) is 23.3 Å². The van der Waals surface area contributed by atoms with E-state index in [9.17, 15) is 14.4 Å². The van der Waals surface area contributed by atoms with E-state index in [1.807, 2.05) is 4.90 Å². The highest BCUT2D eigenvalue weighted by atomic mass is 35.5. The van der Waals surface area contributed by atoms with Crippen LogP contribution in [0.2, 0.25) is 0 Å². The summed E-state index contributed by atoms with van der Waals surface area (Å²) in [6.07, 6.45) is 3.31. The Balaban J connectivity index is 0.00000182. The summed E-state index contributed by atoms with van der Waals surface area (Å²) >= 11 is 0. The van der Waals surface area contributed by atoms with Crippen LogP contribution < -0.4 is 10.6 Å². The maximum atomic E-state index is 12.4. The number of halogens is 2. The molecule has 150 valence electrons. The normalized spacial score (nSPS) is 19.6. The molecule has 8 nitrogen and oxygen atoms in total. The van der Waals surface area contributed by atoms with Gasteiger partial charge in [0.15, 0.2) is 0 Å². The molecule has 2 fully saturated rings. The summed E-state index contributed by atoms with van der Waals surface area (Å²) in [5.74, 6) is -0.398. The number of nitrogens with one attached hydrogen (secondary N) is 2. The number of pyridine rings is 1. The molecule has 2 saturated heterocycles. The Hall–Kier alpha value is -1.90. The largest absolute Gasteiger partial charge is 0.342 e. The number of amides is 3. The van der Waals surface area contributed by atoms with Crippen LogP contribution in [-0.4, -0.2) is 77.8 Å². The minimum absolute atomic E-state index is 0. The highest BCUT2D eigenvalue weighted by molar-refractivity contribution is 5.94. The van der Waals surface area contributed by atoms with Crippen LogP contribution in [0.4, 0.5) is 0 Å². The molecule has 3 rings (SSSR count). The molecule has 1 aromatic heterocycles. The van der Waals surface area contributed by atoms with E-state index in [2.05, 4.69) is 15.6 Å². The van der Waals surface area contributed by atoms with Crippen LogP contribution in [0.5, 0.6) is 0 Å². The zero-order chi connectivity index (χ0) is 17.6. The van der Waals surface area contributed by atoms with Gasteiger partial charge in [0.1, 0.15) is 5.69 Å². The monoisotopic (exact) mass is 417 g/mol. The van der Waals surface area contributed by atoms with Gasteiger partial charge in [-0.15, -0.1) is 24.8 Å². The Morgan fingerprint density at radius 1 is 1.26 bits per heavy atom. The van der Waals surface area contributed by atoms with Crippen LogP contribution in [-0.2, 0) is 9.59 Å². The molecule has 1 atom stereocenters. The minimum Gasteiger partial charge on any atom is -0.342 e. The Morgan fingerprint density at radius 2 is 2.07 bits per heavy atom. The second-order valence-electron chi connectivity index (χ2n) is 6.30. The molecule has 3 amide bonds. The fourth-order valence-corrected chi connectivity index (χ4v) is 3.30. The number of carbonyl (C=O) groups excluding carboxylic acids is 3. The van der Waals surface area contributed by atoms with Crippen molar-refractivity contribution in [2.24, 2.45) is 0 Å². The summed E-state index contributed by atoms with van der Waals surface area (Å²) in [5, 5.41) is 5.68. The number of aromatic nitrogens is 1. The summed E-state index contributed by atoms with van der Waals surface area (Å²) in [5.41, 5.74) is 0.290. The maximum absolute atomic E-state index is 12.4. The first-order valence-corrected chi connectivity index (χ1v) is 8.62. The van der Waals surface area contributed by atoms with Gasteiger partial charge in [-0.1, -0.05) is 6.07 Å². The highest BCUT2D eigenvalue weighted by Gasteiger charge is 2.31. The number of piperazine rings is 1. The van der Waals surface area contributed by atoms with Crippen LogP contribution in [0.15, 0.2) is 24.4 Å². The number of likely N-dealkylation sites (tertiary alicyclic amines) is 1. The van der Waals surface area contributed by atoms with Crippen molar-refractivity contribution < 1.29 is 14.4 Å². The van der Waals surface area contributed by atoms with Crippen LogP contribution in [0, 0.1) is 0 Å². The second-order valence-corrected chi connectivity index (χ2v) is 6.30. The van der Waals surface area contributed by atoms with E-state index in [1.54, 1.807) is 23.1 Å². The lowest BCUT2D eigenvalue weighted by Crippen LogP contribution is -2.58. The summed E-state index contributed by atoms with van der Waals surface area (Å²) < 4.78 is 0. The first kappa shape index (κ1) is 23.1. The average Bonchev–Trinajstić information content (AvgIpc) is 2.67. The smallest absolute Gasteiger partial charge is 0.270 e. The molecule has 0 bridgehead atoms. The third kappa shape index (κ3) is 6.05. The minimum atomic E-state index is -0.361. The lowest BCUT2D eigenvalue weighted by atomic mass is 10.0. The number of hydrogen-bond acceptors (Lipinski definition) is 5. The molecule has 3 heterocycles. The van der Waals surface area contributed by atoms with E-state index in [4.69, 9.17) is 0 Å². The Labute approximate surface area is 170 Å². The molecule has 0 aromatic carbocycles. The van der Waals surface area contributed by atoms with Crippen molar-refractivity contribution in [1.82, 2.24) is 25.4 Å². The number of piperidine rings is 1. The standard InChI is InChI=1S/C17H23N5O3.2ClH/c23-15(11-20-17(25)14-5-1-2-6-19-14)21-8-3-4-13(12-21)22-9-7-18-10-16(22)24;;/h1-2,5-6,13,18H,3-4,7-12H2,(H,20,25);2*1H. The van der Waals surface area contributed by atoms with Crippen molar-refractivity contribution in [2.45, 2.75) is 18.9 Å². The van der Waals surface area contributed by atoms with Crippen molar-refractivity contribution >= 4 is 42.5 Å². The SMILES string of the molecule is Cl.Cl.O=C(NCC(=O)N1CCCC(N2CCNCC2=O)C1)c1ccccn1. The first-order valence-electron chi connectivity index (χ1n) is 8.62. The van der Waals surface area contributed by atoms with E-state index in [-0.39, 0.29) is 55.1 Å². The van der Waals surface area contributed by atoms with Gasteiger partial charge >= 0.3 is 0 Å². The molecule has 1 unspecified atom stereocenters. The summed E-state index contributed by atoms with van der Waals surface area (Å²) in [6, 6.07) is 5.13. The lowest BCUT2D eigenvalue weighted by molar-refractivity contribution is -0.140. The third-order valence-electron chi connectivity index (χ3n) is 4.61. The van der Waals surface area contributed by atoms with E-state index in [0.29, 0.717) is 31.9 Å². The second kappa shape index (κ2) is 11.1. The van der Waals surface area contributed by atoms with Crippen LogP contribution in [0.25, 0.3) is 0 Å². The van der Waals surface area contributed by atoms with Gasteiger partial charge in [-0.25, -0.2) is 0 Å². The van der Waals surface area contributed by atoms with Crippen molar-refractivity contribution in [2.75, 3.05) is 39.3 Å². The first-order chi connectivity index (χ1) is 12.1.